The van der Waals surface area contributed by atoms with Crippen LogP contribution in [0.25, 0.3) is 0 Å². The van der Waals surface area contributed by atoms with Gasteiger partial charge < -0.3 is 14.2 Å². The molecule has 0 saturated carbocycles. The van der Waals surface area contributed by atoms with E-state index in [4.69, 9.17) is 24.9 Å². The summed E-state index contributed by atoms with van der Waals surface area (Å²) >= 11 is 0. The third-order valence-corrected chi connectivity index (χ3v) is 3.84. The first kappa shape index (κ1) is 17.9. The average Bonchev–Trinajstić information content (AvgIpc) is 2.38. The van der Waals surface area contributed by atoms with Crippen LogP contribution in [0.5, 0.6) is 0 Å². The summed E-state index contributed by atoms with van der Waals surface area (Å²) in [6, 6.07) is 4.02. The number of carbonyl (C=O) groups is 1. The number of halogens is 1. The van der Waals surface area contributed by atoms with E-state index in [0.29, 0.717) is 5.56 Å². The van der Waals surface area contributed by atoms with Gasteiger partial charge in [0.1, 0.15) is 6.10 Å². The van der Waals surface area contributed by atoms with Crippen LogP contribution in [-0.4, -0.2) is 41.3 Å². The molecular formula is C13H17ClO6S. The van der Waals surface area contributed by atoms with Crippen molar-refractivity contribution in [3.05, 3.63) is 29.3 Å². The van der Waals surface area contributed by atoms with Crippen molar-refractivity contribution >= 4 is 25.7 Å². The van der Waals surface area contributed by atoms with Crippen molar-refractivity contribution in [3.63, 3.8) is 0 Å². The number of carbonyl (C=O) groups excluding carboxylic acids is 1. The molecule has 1 unspecified atom stereocenters. The van der Waals surface area contributed by atoms with E-state index in [2.05, 4.69) is 0 Å². The average molecular weight is 337 g/mol. The number of esters is 1. The fourth-order valence-electron chi connectivity index (χ4n) is 1.69. The molecule has 8 heteroatoms. The number of ether oxygens (including phenoxy) is 3. The van der Waals surface area contributed by atoms with Crippen LogP contribution in [-0.2, 0) is 29.9 Å². The summed E-state index contributed by atoms with van der Waals surface area (Å²) in [6.45, 7) is 2.05. The predicted octanol–water partition coefficient (Wildman–Crippen LogP) is 1.95. The van der Waals surface area contributed by atoms with E-state index in [1.807, 2.05) is 0 Å². The Bertz CT molecular complexity index is 599. The Hall–Kier alpha value is -1.15. The largest absolute Gasteiger partial charge is 0.457 e. The molecule has 1 rings (SSSR count). The molecule has 0 amide bonds. The van der Waals surface area contributed by atoms with Crippen LogP contribution < -0.4 is 0 Å². The highest BCUT2D eigenvalue weighted by atomic mass is 35.7. The van der Waals surface area contributed by atoms with E-state index in [-0.39, 0.29) is 23.7 Å². The van der Waals surface area contributed by atoms with Crippen molar-refractivity contribution in [1.82, 2.24) is 0 Å². The van der Waals surface area contributed by atoms with E-state index in [9.17, 15) is 13.2 Å². The fraction of sp³-hybridized carbons (Fsp3) is 0.462. The quantitative estimate of drug-likeness (QED) is 0.559. The summed E-state index contributed by atoms with van der Waals surface area (Å²) in [6.07, 6.45) is -0.454. The van der Waals surface area contributed by atoms with Gasteiger partial charge in [-0.05, 0) is 30.7 Å². The van der Waals surface area contributed by atoms with E-state index in [1.54, 1.807) is 6.92 Å². The van der Waals surface area contributed by atoms with Gasteiger partial charge in [-0.2, -0.15) is 0 Å². The van der Waals surface area contributed by atoms with Crippen molar-refractivity contribution in [2.45, 2.75) is 24.5 Å². The number of methoxy groups -OCH3 is 2. The van der Waals surface area contributed by atoms with Gasteiger partial charge in [0.05, 0.1) is 23.7 Å². The van der Waals surface area contributed by atoms with Gasteiger partial charge in [-0.25, -0.2) is 13.2 Å². The molecule has 1 aromatic rings. The van der Waals surface area contributed by atoms with Crippen LogP contribution in [0, 0.1) is 0 Å². The summed E-state index contributed by atoms with van der Waals surface area (Å²) in [5, 5.41) is 0. The van der Waals surface area contributed by atoms with Crippen molar-refractivity contribution in [1.29, 1.82) is 0 Å². The number of hydrogen-bond acceptors (Lipinski definition) is 6. The minimum Gasteiger partial charge on any atom is -0.457 e. The van der Waals surface area contributed by atoms with Crippen LogP contribution in [0.15, 0.2) is 23.1 Å². The molecule has 0 aliphatic rings. The highest BCUT2D eigenvalue weighted by Gasteiger charge is 2.18. The smallest absolute Gasteiger partial charge is 0.338 e. The van der Waals surface area contributed by atoms with Crippen LogP contribution in [0.1, 0.15) is 22.8 Å². The number of hydrogen-bond donors (Lipinski definition) is 0. The van der Waals surface area contributed by atoms with E-state index >= 15 is 0 Å². The lowest BCUT2D eigenvalue weighted by Crippen LogP contribution is -2.20. The fourth-order valence-corrected chi connectivity index (χ4v) is 2.52. The molecule has 0 radical (unpaired) electrons. The molecule has 0 N–H and O–H groups in total. The molecular weight excluding hydrogens is 320 g/mol. The third kappa shape index (κ3) is 5.62. The van der Waals surface area contributed by atoms with Gasteiger partial charge in [0.15, 0.2) is 0 Å². The van der Waals surface area contributed by atoms with Crippen molar-refractivity contribution in [2.24, 2.45) is 0 Å². The first-order chi connectivity index (χ1) is 9.77. The molecule has 1 aromatic carbocycles. The Kier molecular flexibility index (Phi) is 6.60. The van der Waals surface area contributed by atoms with E-state index in [0.717, 1.165) is 0 Å². The highest BCUT2D eigenvalue weighted by Crippen LogP contribution is 2.20. The molecule has 0 heterocycles. The summed E-state index contributed by atoms with van der Waals surface area (Å²) in [7, 11) is 4.31. The molecule has 1 atom stereocenters. The summed E-state index contributed by atoms with van der Waals surface area (Å²) < 4.78 is 37.8. The molecule has 0 aliphatic heterocycles. The van der Waals surface area contributed by atoms with Gasteiger partial charge in [-0.1, -0.05) is 0 Å². The Morgan fingerprint density at radius 3 is 2.43 bits per heavy atom. The van der Waals surface area contributed by atoms with Gasteiger partial charge >= 0.3 is 5.97 Å². The van der Waals surface area contributed by atoms with Crippen molar-refractivity contribution in [2.75, 3.05) is 20.8 Å². The van der Waals surface area contributed by atoms with Gasteiger partial charge in [-0.3, -0.25) is 0 Å². The van der Waals surface area contributed by atoms with Gasteiger partial charge in [0, 0.05) is 24.9 Å². The van der Waals surface area contributed by atoms with Crippen LogP contribution >= 0.6 is 10.7 Å². The van der Waals surface area contributed by atoms with Gasteiger partial charge in [-0.15, -0.1) is 0 Å². The van der Waals surface area contributed by atoms with E-state index < -0.39 is 21.1 Å². The zero-order valence-corrected chi connectivity index (χ0v) is 13.5. The lowest BCUT2D eigenvalue weighted by Gasteiger charge is -2.13. The Morgan fingerprint density at radius 2 is 1.90 bits per heavy atom. The molecule has 0 aromatic heterocycles. The predicted molar refractivity (Wildman–Crippen MR) is 76.9 cm³/mol. The van der Waals surface area contributed by atoms with Crippen molar-refractivity contribution < 1.29 is 27.4 Å². The summed E-state index contributed by atoms with van der Waals surface area (Å²) in [5.41, 5.74) is 0.595. The first-order valence-electron chi connectivity index (χ1n) is 6.05. The maximum Gasteiger partial charge on any atom is 0.338 e. The van der Waals surface area contributed by atoms with Crippen LogP contribution in [0.2, 0.25) is 0 Å². The molecule has 0 saturated heterocycles. The monoisotopic (exact) mass is 336 g/mol. The summed E-state index contributed by atoms with van der Waals surface area (Å²) in [5.74, 6) is -0.654. The summed E-state index contributed by atoms with van der Waals surface area (Å²) in [4.78, 5) is 11.8. The second-order valence-corrected chi connectivity index (χ2v) is 6.97. The standard InChI is InChI=1S/C13H17ClO6S/c1-9(7-18-2)20-13(15)11-4-10(8-19-3)5-12(6-11)21(14,16)17/h4-6,9H,7-8H2,1-3H3. The Labute approximate surface area is 128 Å². The maximum absolute atomic E-state index is 12.0. The van der Waals surface area contributed by atoms with Gasteiger partial charge in [0.25, 0.3) is 9.05 Å². The first-order valence-corrected chi connectivity index (χ1v) is 8.36. The third-order valence-electron chi connectivity index (χ3n) is 2.50. The molecule has 0 spiro atoms. The molecule has 21 heavy (non-hydrogen) atoms. The maximum atomic E-state index is 12.0. The zero-order valence-electron chi connectivity index (χ0n) is 12.0. The Morgan fingerprint density at radius 1 is 1.24 bits per heavy atom. The number of rotatable bonds is 7. The molecule has 0 aliphatic carbocycles. The van der Waals surface area contributed by atoms with Crippen LogP contribution in [0.3, 0.4) is 0 Å². The molecule has 0 bridgehead atoms. The Balaban J connectivity index is 3.10. The molecule has 6 nitrogen and oxygen atoms in total. The minimum atomic E-state index is -3.95. The highest BCUT2D eigenvalue weighted by molar-refractivity contribution is 8.13. The molecule has 118 valence electrons. The second-order valence-electron chi connectivity index (χ2n) is 4.41. The lowest BCUT2D eigenvalue weighted by atomic mass is 10.1. The second kappa shape index (κ2) is 7.74. The normalized spacial score (nSPS) is 13.0. The SMILES string of the molecule is COCc1cc(C(=O)OC(C)COC)cc(S(=O)(=O)Cl)c1. The zero-order chi connectivity index (χ0) is 16.0. The van der Waals surface area contributed by atoms with E-state index in [1.165, 1.54) is 32.4 Å². The lowest BCUT2D eigenvalue weighted by molar-refractivity contribution is 0.0120. The topological polar surface area (TPSA) is 78.9 Å². The van der Waals surface area contributed by atoms with Gasteiger partial charge in [0.2, 0.25) is 0 Å². The number of benzene rings is 1. The van der Waals surface area contributed by atoms with Crippen molar-refractivity contribution in [3.8, 4) is 0 Å². The minimum absolute atomic E-state index is 0.0896. The molecule has 0 fully saturated rings. The van der Waals surface area contributed by atoms with Crippen LogP contribution in [0.4, 0.5) is 0 Å².